The summed E-state index contributed by atoms with van der Waals surface area (Å²) in [5, 5.41) is 9.50. The van der Waals surface area contributed by atoms with Gasteiger partial charge in [-0.25, -0.2) is 9.59 Å². The fourth-order valence-corrected chi connectivity index (χ4v) is 3.55. The van der Waals surface area contributed by atoms with E-state index in [1.54, 1.807) is 25.7 Å². The molecule has 3 atom stereocenters. The zero-order valence-electron chi connectivity index (χ0n) is 17.0. The number of benzene rings is 1. The summed E-state index contributed by atoms with van der Waals surface area (Å²) in [6.45, 7) is 6.34. The van der Waals surface area contributed by atoms with Crippen LogP contribution in [0.3, 0.4) is 0 Å². The Hall–Kier alpha value is -2.79. The molecule has 8 nitrogen and oxygen atoms in total. The van der Waals surface area contributed by atoms with E-state index in [9.17, 15) is 14.9 Å². The minimum absolute atomic E-state index is 0.134. The largest absolute Gasteiger partial charge is 0.445 e. The van der Waals surface area contributed by atoms with Gasteiger partial charge in [0.25, 0.3) is 0 Å². The summed E-state index contributed by atoms with van der Waals surface area (Å²) in [5.74, 6) is 0. The molecule has 0 radical (unpaired) electrons. The molecule has 2 amide bonds. The highest BCUT2D eigenvalue weighted by molar-refractivity contribution is 5.71. The van der Waals surface area contributed by atoms with Gasteiger partial charge in [0.05, 0.1) is 24.8 Å². The molecule has 2 heterocycles. The number of carbonyl (C=O) groups is 2. The molecule has 1 aromatic carbocycles. The third-order valence-corrected chi connectivity index (χ3v) is 4.90. The van der Waals surface area contributed by atoms with Crippen molar-refractivity contribution < 1.29 is 23.8 Å². The predicted molar refractivity (Wildman–Crippen MR) is 104 cm³/mol. The second-order valence-corrected chi connectivity index (χ2v) is 8.25. The predicted octanol–water partition coefficient (Wildman–Crippen LogP) is 2.93. The number of fused-ring (bicyclic) bond motifs is 1. The summed E-state index contributed by atoms with van der Waals surface area (Å²) in [5.41, 5.74) is 0.213. The number of carbonyl (C=O) groups excluding carboxylic acids is 2. The van der Waals surface area contributed by atoms with Crippen LogP contribution in [0.1, 0.15) is 32.8 Å². The van der Waals surface area contributed by atoms with Crippen LogP contribution in [0.25, 0.3) is 0 Å². The van der Waals surface area contributed by atoms with Crippen LogP contribution in [-0.2, 0) is 20.8 Å². The van der Waals surface area contributed by atoms with Gasteiger partial charge in [-0.2, -0.15) is 5.26 Å². The Labute approximate surface area is 170 Å². The Morgan fingerprint density at radius 1 is 1.24 bits per heavy atom. The number of likely N-dealkylation sites (tertiary alicyclic amines) is 1. The van der Waals surface area contributed by atoms with Crippen molar-refractivity contribution >= 4 is 12.2 Å². The number of morpholine rings is 1. The van der Waals surface area contributed by atoms with Crippen LogP contribution in [0.4, 0.5) is 9.59 Å². The van der Waals surface area contributed by atoms with Gasteiger partial charge in [-0.15, -0.1) is 0 Å². The van der Waals surface area contributed by atoms with E-state index in [1.807, 2.05) is 30.3 Å². The van der Waals surface area contributed by atoms with Crippen molar-refractivity contribution in [1.82, 2.24) is 9.80 Å². The Kier molecular flexibility index (Phi) is 6.28. The molecule has 2 aliphatic rings. The molecule has 8 heteroatoms. The normalized spacial score (nSPS) is 24.3. The van der Waals surface area contributed by atoms with E-state index in [2.05, 4.69) is 6.07 Å². The Balaban J connectivity index is 1.68. The van der Waals surface area contributed by atoms with Gasteiger partial charge in [0.1, 0.15) is 18.2 Å². The first kappa shape index (κ1) is 20.9. The number of nitrogens with zero attached hydrogens (tertiary/aromatic N) is 3. The smallest absolute Gasteiger partial charge is 0.411 e. The molecule has 2 saturated heterocycles. The van der Waals surface area contributed by atoms with Crippen molar-refractivity contribution in [2.75, 3.05) is 19.7 Å². The van der Waals surface area contributed by atoms with Crippen LogP contribution in [0.2, 0.25) is 0 Å². The SMILES string of the molecule is CC(C)(C)OC(=O)N1C(C#N)CO[C@H]2CCN(C(=O)OCc3ccccc3)C[C@@H]21. The molecule has 2 fully saturated rings. The standard InChI is InChI=1S/C21H27N3O5/c1-21(2,3)29-20(26)24-16(11-22)14-27-18-9-10-23(12-17(18)24)19(25)28-13-15-7-5-4-6-8-15/h4-8,16-18H,9-10,12-14H2,1-3H3/t16?,17-,18-/m0/s1. The van der Waals surface area contributed by atoms with Gasteiger partial charge in [-0.1, -0.05) is 30.3 Å². The van der Waals surface area contributed by atoms with E-state index in [4.69, 9.17) is 14.2 Å². The van der Waals surface area contributed by atoms with Gasteiger partial charge < -0.3 is 19.1 Å². The zero-order chi connectivity index (χ0) is 21.0. The summed E-state index contributed by atoms with van der Waals surface area (Å²) in [6.07, 6.45) is -0.703. The minimum Gasteiger partial charge on any atom is -0.445 e. The number of rotatable bonds is 2. The molecule has 0 spiro atoms. The van der Waals surface area contributed by atoms with E-state index < -0.39 is 29.9 Å². The quantitative estimate of drug-likeness (QED) is 0.757. The first-order valence-corrected chi connectivity index (χ1v) is 9.76. The molecule has 156 valence electrons. The van der Waals surface area contributed by atoms with Gasteiger partial charge in [0.15, 0.2) is 0 Å². The monoisotopic (exact) mass is 401 g/mol. The number of ether oxygens (including phenoxy) is 3. The van der Waals surface area contributed by atoms with Crippen LogP contribution in [0.5, 0.6) is 0 Å². The van der Waals surface area contributed by atoms with E-state index in [-0.39, 0.29) is 25.9 Å². The van der Waals surface area contributed by atoms with Gasteiger partial charge in [0.2, 0.25) is 0 Å². The van der Waals surface area contributed by atoms with Crippen molar-refractivity contribution in [3.8, 4) is 6.07 Å². The lowest BCUT2D eigenvalue weighted by molar-refractivity contribution is -0.114. The third-order valence-electron chi connectivity index (χ3n) is 4.90. The first-order valence-electron chi connectivity index (χ1n) is 9.76. The lowest BCUT2D eigenvalue weighted by Gasteiger charge is -2.48. The third kappa shape index (κ3) is 5.18. The molecule has 0 N–H and O–H groups in total. The molecule has 0 aromatic heterocycles. The maximum atomic E-state index is 12.8. The van der Waals surface area contributed by atoms with Gasteiger partial charge in [0, 0.05) is 13.1 Å². The molecule has 0 aliphatic carbocycles. The maximum absolute atomic E-state index is 12.8. The van der Waals surface area contributed by atoms with Crippen molar-refractivity contribution in [3.63, 3.8) is 0 Å². The average molecular weight is 401 g/mol. The Morgan fingerprint density at radius 2 is 1.97 bits per heavy atom. The van der Waals surface area contributed by atoms with Crippen molar-refractivity contribution in [1.29, 1.82) is 5.26 Å². The number of piperidine rings is 1. The van der Waals surface area contributed by atoms with Crippen LogP contribution in [-0.4, -0.2) is 65.5 Å². The zero-order valence-corrected chi connectivity index (χ0v) is 17.0. The highest BCUT2D eigenvalue weighted by Crippen LogP contribution is 2.28. The molecule has 0 bridgehead atoms. The fourth-order valence-electron chi connectivity index (χ4n) is 3.55. The van der Waals surface area contributed by atoms with Gasteiger partial charge >= 0.3 is 12.2 Å². The van der Waals surface area contributed by atoms with E-state index in [0.29, 0.717) is 13.0 Å². The molecule has 2 aliphatic heterocycles. The summed E-state index contributed by atoms with van der Waals surface area (Å²) in [6, 6.07) is 10.3. The molecule has 29 heavy (non-hydrogen) atoms. The number of nitriles is 1. The Morgan fingerprint density at radius 3 is 2.62 bits per heavy atom. The van der Waals surface area contributed by atoms with Crippen molar-refractivity contribution in [2.24, 2.45) is 0 Å². The summed E-state index contributed by atoms with van der Waals surface area (Å²) < 4.78 is 16.7. The van der Waals surface area contributed by atoms with Crippen LogP contribution < -0.4 is 0 Å². The van der Waals surface area contributed by atoms with E-state index in [1.165, 1.54) is 4.90 Å². The second kappa shape index (κ2) is 8.70. The van der Waals surface area contributed by atoms with E-state index >= 15 is 0 Å². The number of hydrogen-bond acceptors (Lipinski definition) is 6. The minimum atomic E-state index is -0.758. The summed E-state index contributed by atoms with van der Waals surface area (Å²) in [7, 11) is 0. The van der Waals surface area contributed by atoms with Crippen LogP contribution in [0, 0.1) is 11.3 Å². The summed E-state index contributed by atoms with van der Waals surface area (Å²) >= 11 is 0. The van der Waals surface area contributed by atoms with E-state index in [0.717, 1.165) is 5.56 Å². The second-order valence-electron chi connectivity index (χ2n) is 8.25. The number of amides is 2. The van der Waals surface area contributed by atoms with Gasteiger partial charge in [-0.3, -0.25) is 4.90 Å². The molecular formula is C21H27N3O5. The molecule has 1 aromatic rings. The molecule has 1 unspecified atom stereocenters. The van der Waals surface area contributed by atoms with Crippen molar-refractivity contribution in [2.45, 2.75) is 57.6 Å². The van der Waals surface area contributed by atoms with Crippen molar-refractivity contribution in [3.05, 3.63) is 35.9 Å². The molecular weight excluding hydrogens is 374 g/mol. The average Bonchev–Trinajstić information content (AvgIpc) is 2.70. The highest BCUT2D eigenvalue weighted by atomic mass is 16.6. The fraction of sp³-hybridized carbons (Fsp3) is 0.571. The van der Waals surface area contributed by atoms with Crippen LogP contribution in [0.15, 0.2) is 30.3 Å². The number of hydrogen-bond donors (Lipinski definition) is 0. The molecule has 3 rings (SSSR count). The summed E-state index contributed by atoms with van der Waals surface area (Å²) in [4.78, 5) is 28.3. The first-order chi connectivity index (χ1) is 13.8. The maximum Gasteiger partial charge on any atom is 0.411 e. The van der Waals surface area contributed by atoms with Crippen LogP contribution >= 0.6 is 0 Å². The Bertz CT molecular complexity index is 771. The topological polar surface area (TPSA) is 92.1 Å². The molecule has 0 saturated carbocycles. The lowest BCUT2D eigenvalue weighted by Crippen LogP contribution is -2.65. The lowest BCUT2D eigenvalue weighted by atomic mass is 9.97. The highest BCUT2D eigenvalue weighted by Gasteiger charge is 2.46. The van der Waals surface area contributed by atoms with Gasteiger partial charge in [-0.05, 0) is 32.8 Å².